The molecule has 0 aliphatic carbocycles. The molecule has 4 nitrogen and oxygen atoms in total. The number of hydrogen-bond acceptors (Lipinski definition) is 4. The number of unbranched alkanes of at least 4 members (excludes halogenated alkanes) is 4. The topological polar surface area (TPSA) is 52.6 Å². The molecule has 0 bridgehead atoms. The summed E-state index contributed by atoms with van der Waals surface area (Å²) in [4.78, 5) is 24.7. The first-order chi connectivity index (χ1) is 13.4. The molecular formula is C24H38AtO4. The van der Waals surface area contributed by atoms with Gasteiger partial charge in [0.25, 0.3) is 0 Å². The van der Waals surface area contributed by atoms with Crippen molar-refractivity contribution in [3.8, 4) is 0 Å². The van der Waals surface area contributed by atoms with Gasteiger partial charge in [-0.15, -0.1) is 0 Å². The molecule has 0 heterocycles. The van der Waals surface area contributed by atoms with Crippen LogP contribution in [0.4, 0.5) is 0 Å². The molecule has 0 atom stereocenters. The number of esters is 2. The molecule has 0 N–H and O–H groups in total. The summed E-state index contributed by atoms with van der Waals surface area (Å²) >= 11 is 0. The van der Waals surface area contributed by atoms with Gasteiger partial charge in [-0.3, -0.25) is 0 Å². The second-order valence-electron chi connectivity index (χ2n) is 8.30. The Morgan fingerprint density at radius 1 is 0.690 bits per heavy atom. The average Bonchev–Trinajstić information content (AvgIpc) is 2.66. The van der Waals surface area contributed by atoms with E-state index in [2.05, 4.69) is 27.7 Å². The zero-order valence-electron chi connectivity index (χ0n) is 18.5. The Kier molecular flexibility index (Phi) is 16.2. The molecule has 1 aromatic carbocycles. The van der Waals surface area contributed by atoms with E-state index < -0.39 is 11.9 Å². The molecule has 0 saturated carbocycles. The van der Waals surface area contributed by atoms with Gasteiger partial charge in [-0.1, -0.05) is 78.4 Å². The van der Waals surface area contributed by atoms with Crippen molar-refractivity contribution in [1.29, 1.82) is 0 Å². The van der Waals surface area contributed by atoms with Crippen LogP contribution >= 0.6 is 0 Å². The Morgan fingerprint density at radius 2 is 1.07 bits per heavy atom. The molecule has 1 aromatic rings. The molecule has 0 saturated heterocycles. The Morgan fingerprint density at radius 3 is 1.41 bits per heavy atom. The fourth-order valence-electron chi connectivity index (χ4n) is 2.99. The predicted molar refractivity (Wildman–Crippen MR) is 114 cm³/mol. The van der Waals surface area contributed by atoms with Crippen LogP contribution in [0, 0.1) is 38.0 Å². The van der Waals surface area contributed by atoms with Gasteiger partial charge >= 0.3 is 11.9 Å². The molecular weight excluding hydrogens is 562 g/mol. The zero-order chi connectivity index (χ0) is 20.8. The monoisotopic (exact) mass is 600 g/mol. The molecule has 1 rings (SSSR count). The van der Waals surface area contributed by atoms with E-state index in [9.17, 15) is 9.59 Å². The van der Waals surface area contributed by atoms with Gasteiger partial charge in [-0.05, 0) is 36.8 Å². The Labute approximate surface area is 196 Å². The van der Waals surface area contributed by atoms with Crippen molar-refractivity contribution >= 4 is 11.9 Å². The minimum Gasteiger partial charge on any atom is -0.462 e. The average molecular weight is 601 g/mol. The van der Waals surface area contributed by atoms with Crippen molar-refractivity contribution in [2.45, 2.75) is 79.1 Å². The molecule has 0 aliphatic heterocycles. The molecule has 0 unspecified atom stereocenters. The summed E-state index contributed by atoms with van der Waals surface area (Å²) in [7, 11) is 0. The maximum absolute atomic E-state index is 12.4. The number of rotatable bonds is 14. The van der Waals surface area contributed by atoms with Crippen LogP contribution in [0.5, 0.6) is 0 Å². The van der Waals surface area contributed by atoms with Gasteiger partial charge in [0.05, 0.1) is 24.3 Å². The number of carbonyl (C=O) groups excluding carboxylic acids is 2. The van der Waals surface area contributed by atoms with Crippen LogP contribution in [-0.2, 0) is 9.47 Å². The van der Waals surface area contributed by atoms with Gasteiger partial charge in [0, 0.05) is 26.2 Å². The van der Waals surface area contributed by atoms with Gasteiger partial charge in [-0.25, -0.2) is 9.59 Å². The number of carbonyl (C=O) groups is 2. The van der Waals surface area contributed by atoms with E-state index in [4.69, 9.17) is 9.47 Å². The summed E-state index contributed by atoms with van der Waals surface area (Å²) in [6, 6.07) is 6.73. The molecule has 0 aromatic heterocycles. The van der Waals surface area contributed by atoms with Gasteiger partial charge in [0.1, 0.15) is 0 Å². The summed E-state index contributed by atoms with van der Waals surface area (Å²) < 4.78 is 10.7. The van der Waals surface area contributed by atoms with Crippen molar-refractivity contribution < 1.29 is 45.3 Å². The van der Waals surface area contributed by atoms with E-state index in [1.54, 1.807) is 24.3 Å². The summed E-state index contributed by atoms with van der Waals surface area (Å²) in [6.45, 7) is 9.61. The van der Waals surface area contributed by atoms with Crippen LogP contribution in [-0.4, -0.2) is 25.2 Å². The molecule has 5 heteroatoms. The third-order valence-electron chi connectivity index (χ3n) is 4.68. The van der Waals surface area contributed by atoms with E-state index >= 15 is 0 Å². The molecule has 29 heavy (non-hydrogen) atoms. The Balaban J connectivity index is 0.00000784. The summed E-state index contributed by atoms with van der Waals surface area (Å²) in [5.74, 6) is 0.507. The van der Waals surface area contributed by atoms with Gasteiger partial charge in [0.2, 0.25) is 0 Å². The van der Waals surface area contributed by atoms with Crippen molar-refractivity contribution in [1.82, 2.24) is 0 Å². The second-order valence-corrected chi connectivity index (χ2v) is 8.30. The quantitative estimate of drug-likeness (QED) is 0.182. The maximum atomic E-state index is 12.4. The summed E-state index contributed by atoms with van der Waals surface area (Å²) in [5.41, 5.74) is 0.573. The minimum absolute atomic E-state index is 0. The van der Waals surface area contributed by atoms with Crippen LogP contribution in [0.2, 0.25) is 0 Å². The summed E-state index contributed by atoms with van der Waals surface area (Å²) in [6.07, 6.45) is 8.48. The normalized spacial score (nSPS) is 10.7. The first kappa shape index (κ1) is 28.0. The Hall–Kier alpha value is -0.957. The molecule has 0 aliphatic rings. The van der Waals surface area contributed by atoms with Crippen LogP contribution < -0.4 is 0 Å². The van der Waals surface area contributed by atoms with E-state index in [1.165, 1.54) is 12.8 Å². The number of benzene rings is 1. The molecule has 165 valence electrons. The predicted octanol–water partition coefficient (Wildman–Crippen LogP) is 6.43. The minimum atomic E-state index is -0.451. The summed E-state index contributed by atoms with van der Waals surface area (Å²) in [5, 5.41) is 0. The molecule has 0 amide bonds. The maximum Gasteiger partial charge on any atom is 0.339 e. The molecule has 0 fully saturated rings. The van der Waals surface area contributed by atoms with E-state index in [0.717, 1.165) is 38.5 Å². The van der Waals surface area contributed by atoms with Crippen molar-refractivity contribution in [2.75, 3.05) is 13.2 Å². The smallest absolute Gasteiger partial charge is 0.339 e. The van der Waals surface area contributed by atoms with Gasteiger partial charge < -0.3 is 9.47 Å². The van der Waals surface area contributed by atoms with E-state index in [1.807, 2.05) is 0 Å². The van der Waals surface area contributed by atoms with Crippen LogP contribution in [0.15, 0.2) is 24.3 Å². The zero-order valence-corrected chi connectivity index (χ0v) is 21.5. The van der Waals surface area contributed by atoms with E-state index in [-0.39, 0.29) is 37.3 Å². The largest absolute Gasteiger partial charge is 0.462 e. The standard InChI is InChI=1S/C24H38O4.At/c1-19(2)13-7-5-11-17-27-23(25)21-15-9-10-16-22(21)24(26)28-18-12-6-8-14-20(3)4;/h9-10,15-16,19-20H,5-8,11-14,17-18H2,1-4H3;. The SMILES string of the molecule is CC(C)CCCCCOC(=O)c1ccccc1C(=O)OCCCCCC(C)C.[At]. The van der Waals surface area contributed by atoms with Crippen LogP contribution in [0.3, 0.4) is 0 Å². The van der Waals surface area contributed by atoms with Gasteiger partial charge in [-0.2, -0.15) is 0 Å². The fourth-order valence-corrected chi connectivity index (χ4v) is 2.99. The van der Waals surface area contributed by atoms with Crippen molar-refractivity contribution in [3.05, 3.63) is 35.4 Å². The number of ether oxygens (including phenoxy) is 2. The third-order valence-corrected chi connectivity index (χ3v) is 4.68. The van der Waals surface area contributed by atoms with Crippen LogP contribution in [0.1, 0.15) is 99.8 Å². The Bertz CT molecular complexity index is 533. The van der Waals surface area contributed by atoms with Crippen molar-refractivity contribution in [2.24, 2.45) is 11.8 Å². The second kappa shape index (κ2) is 16.8. The fraction of sp³-hybridized carbons (Fsp3) is 0.667. The van der Waals surface area contributed by atoms with Gasteiger partial charge in [0.15, 0.2) is 0 Å². The molecule has 1 radical (unpaired) electrons. The first-order valence-electron chi connectivity index (χ1n) is 10.8. The molecule has 0 spiro atoms. The van der Waals surface area contributed by atoms with Crippen molar-refractivity contribution in [3.63, 3.8) is 0 Å². The third kappa shape index (κ3) is 13.1. The first-order valence-corrected chi connectivity index (χ1v) is 10.8. The number of hydrogen-bond donors (Lipinski definition) is 0. The van der Waals surface area contributed by atoms with E-state index in [0.29, 0.717) is 25.0 Å². The van der Waals surface area contributed by atoms with Crippen LogP contribution in [0.25, 0.3) is 0 Å².